The van der Waals surface area contributed by atoms with Crippen LogP contribution in [0.1, 0.15) is 19.8 Å². The highest BCUT2D eigenvalue weighted by molar-refractivity contribution is 6.27. The summed E-state index contributed by atoms with van der Waals surface area (Å²) < 4.78 is 11.2. The molecular weight excluding hydrogens is 352 g/mol. The van der Waals surface area contributed by atoms with E-state index < -0.39 is 11.9 Å². The molecule has 1 aromatic carbocycles. The molecule has 0 aliphatic carbocycles. The van der Waals surface area contributed by atoms with Crippen molar-refractivity contribution < 1.29 is 29.3 Å². The number of aliphatic carboxylic acids is 2. The second-order valence-electron chi connectivity index (χ2n) is 6.22. The van der Waals surface area contributed by atoms with Crippen molar-refractivity contribution in [1.29, 1.82) is 0 Å². The van der Waals surface area contributed by atoms with E-state index in [0.717, 1.165) is 24.5 Å². The van der Waals surface area contributed by atoms with Gasteiger partial charge >= 0.3 is 11.9 Å². The highest BCUT2D eigenvalue weighted by Crippen LogP contribution is 2.17. The van der Waals surface area contributed by atoms with Gasteiger partial charge in [-0.2, -0.15) is 0 Å². The third-order valence-electron chi connectivity index (χ3n) is 4.05. The number of hydrogen-bond donors (Lipinski definition) is 2. The number of rotatable bonds is 8. The van der Waals surface area contributed by atoms with Crippen molar-refractivity contribution in [3.63, 3.8) is 0 Å². The number of hydrogen-bond acceptors (Lipinski definition) is 6. The third-order valence-corrected chi connectivity index (χ3v) is 4.05. The van der Waals surface area contributed by atoms with Gasteiger partial charge in [0, 0.05) is 26.2 Å². The van der Waals surface area contributed by atoms with Crippen molar-refractivity contribution in [3.8, 4) is 11.5 Å². The van der Waals surface area contributed by atoms with Crippen molar-refractivity contribution >= 4 is 11.9 Å². The summed E-state index contributed by atoms with van der Waals surface area (Å²) in [6.07, 6.45) is 2.32. The van der Waals surface area contributed by atoms with Gasteiger partial charge in [0.1, 0.15) is 11.5 Å². The number of ether oxygens (including phenoxy) is 2. The lowest BCUT2D eigenvalue weighted by molar-refractivity contribution is -0.159. The quantitative estimate of drug-likeness (QED) is 0.517. The van der Waals surface area contributed by atoms with Crippen LogP contribution in [0.5, 0.6) is 11.5 Å². The van der Waals surface area contributed by atoms with E-state index in [1.165, 1.54) is 39.1 Å². The smallest absolute Gasteiger partial charge is 0.414 e. The summed E-state index contributed by atoms with van der Waals surface area (Å²) >= 11 is 0. The predicted molar refractivity (Wildman–Crippen MR) is 102 cm³/mol. The van der Waals surface area contributed by atoms with E-state index >= 15 is 0 Å². The second-order valence-corrected chi connectivity index (χ2v) is 6.22. The Morgan fingerprint density at radius 3 is 1.93 bits per heavy atom. The Labute approximate surface area is 160 Å². The van der Waals surface area contributed by atoms with Crippen LogP contribution in [0.2, 0.25) is 0 Å². The van der Waals surface area contributed by atoms with Crippen molar-refractivity contribution in [1.82, 2.24) is 9.80 Å². The van der Waals surface area contributed by atoms with E-state index in [2.05, 4.69) is 16.8 Å². The van der Waals surface area contributed by atoms with E-state index in [1.807, 2.05) is 31.2 Å². The molecule has 2 N–H and O–H groups in total. The number of carboxylic acids is 2. The van der Waals surface area contributed by atoms with Gasteiger partial charge in [-0.15, -0.1) is 0 Å². The molecule has 0 atom stereocenters. The third kappa shape index (κ3) is 10.4. The number of carboxylic acid groups (broad SMARTS) is 2. The first kappa shape index (κ1) is 22.7. The molecule has 0 amide bonds. The molecule has 8 nitrogen and oxygen atoms in total. The van der Waals surface area contributed by atoms with Gasteiger partial charge in [0.25, 0.3) is 0 Å². The zero-order chi connectivity index (χ0) is 20.1. The van der Waals surface area contributed by atoms with Gasteiger partial charge in [-0.25, -0.2) is 9.59 Å². The van der Waals surface area contributed by atoms with Crippen LogP contribution in [0.25, 0.3) is 0 Å². The highest BCUT2D eigenvalue weighted by atomic mass is 16.5. The topological polar surface area (TPSA) is 99.5 Å². The Kier molecular flexibility index (Phi) is 10.9. The van der Waals surface area contributed by atoms with Gasteiger partial charge in [-0.05, 0) is 57.6 Å². The van der Waals surface area contributed by atoms with Crippen LogP contribution in [-0.2, 0) is 9.59 Å². The molecular formula is C19H30N2O6. The molecule has 27 heavy (non-hydrogen) atoms. The molecule has 1 aliphatic rings. The average molecular weight is 382 g/mol. The molecule has 1 saturated heterocycles. The normalized spacial score (nSPS) is 14.7. The van der Waals surface area contributed by atoms with Crippen molar-refractivity contribution in [3.05, 3.63) is 24.3 Å². The van der Waals surface area contributed by atoms with Crippen molar-refractivity contribution in [2.24, 2.45) is 0 Å². The molecule has 2 rings (SSSR count). The van der Waals surface area contributed by atoms with Crippen LogP contribution in [0.3, 0.4) is 0 Å². The van der Waals surface area contributed by atoms with Gasteiger partial charge in [-0.3, -0.25) is 0 Å². The SMILES string of the molecule is CCOc1ccc(OCCCCN2CCN(C)CC2)cc1.O=C(O)C(=O)O. The number of unbranched alkanes of at least 4 members (excludes halogenated alkanes) is 1. The molecule has 1 aromatic rings. The van der Waals surface area contributed by atoms with Crippen LogP contribution < -0.4 is 9.47 Å². The van der Waals surface area contributed by atoms with Gasteiger partial charge < -0.3 is 29.5 Å². The molecule has 0 radical (unpaired) electrons. The maximum absolute atomic E-state index is 9.10. The first-order valence-corrected chi connectivity index (χ1v) is 9.15. The van der Waals surface area contributed by atoms with Gasteiger partial charge in [0.05, 0.1) is 13.2 Å². The van der Waals surface area contributed by atoms with Gasteiger partial charge in [0.2, 0.25) is 0 Å². The molecule has 1 aliphatic heterocycles. The first-order chi connectivity index (χ1) is 12.9. The standard InChI is InChI=1S/C17H28N2O2.C2H2O4/c1-3-20-16-6-8-17(9-7-16)21-15-5-4-10-19-13-11-18(2)12-14-19;3-1(4)2(5)6/h6-9H,3-5,10-15H2,1-2H3;(H,3,4)(H,5,6). The Morgan fingerprint density at radius 2 is 1.44 bits per heavy atom. The van der Waals surface area contributed by atoms with Crippen LogP contribution in [0, 0.1) is 0 Å². The summed E-state index contributed by atoms with van der Waals surface area (Å²) in [5.74, 6) is -1.82. The summed E-state index contributed by atoms with van der Waals surface area (Å²) in [5, 5.41) is 14.8. The molecule has 1 heterocycles. The summed E-state index contributed by atoms with van der Waals surface area (Å²) in [4.78, 5) is 23.1. The average Bonchev–Trinajstić information content (AvgIpc) is 2.65. The number of carbonyl (C=O) groups is 2. The maximum Gasteiger partial charge on any atom is 0.414 e. The number of nitrogens with zero attached hydrogens (tertiary/aromatic N) is 2. The lowest BCUT2D eigenvalue weighted by Crippen LogP contribution is -2.44. The summed E-state index contributed by atoms with van der Waals surface area (Å²) in [5.41, 5.74) is 0. The summed E-state index contributed by atoms with van der Waals surface area (Å²) in [6.45, 7) is 9.48. The monoisotopic (exact) mass is 382 g/mol. The van der Waals surface area contributed by atoms with E-state index in [-0.39, 0.29) is 0 Å². The van der Waals surface area contributed by atoms with E-state index in [4.69, 9.17) is 29.3 Å². The molecule has 0 unspecified atom stereocenters. The van der Waals surface area contributed by atoms with Crippen LogP contribution >= 0.6 is 0 Å². The van der Waals surface area contributed by atoms with Crippen LogP contribution in [0.4, 0.5) is 0 Å². The summed E-state index contributed by atoms with van der Waals surface area (Å²) in [6, 6.07) is 7.88. The van der Waals surface area contributed by atoms with E-state index in [9.17, 15) is 0 Å². The fourth-order valence-electron chi connectivity index (χ4n) is 2.50. The van der Waals surface area contributed by atoms with Gasteiger partial charge in [-0.1, -0.05) is 0 Å². The summed E-state index contributed by atoms with van der Waals surface area (Å²) in [7, 11) is 2.20. The van der Waals surface area contributed by atoms with Crippen molar-refractivity contribution in [2.75, 3.05) is 53.0 Å². The molecule has 8 heteroatoms. The number of likely N-dealkylation sites (N-methyl/N-ethyl adjacent to an activating group) is 1. The minimum absolute atomic E-state index is 0.701. The molecule has 0 saturated carbocycles. The minimum atomic E-state index is -1.82. The number of benzene rings is 1. The fraction of sp³-hybridized carbons (Fsp3) is 0.579. The highest BCUT2D eigenvalue weighted by Gasteiger charge is 2.12. The van der Waals surface area contributed by atoms with E-state index in [0.29, 0.717) is 6.61 Å². The van der Waals surface area contributed by atoms with Crippen molar-refractivity contribution in [2.45, 2.75) is 19.8 Å². The molecule has 0 spiro atoms. The second kappa shape index (κ2) is 12.9. The molecule has 0 aromatic heterocycles. The largest absolute Gasteiger partial charge is 0.494 e. The zero-order valence-corrected chi connectivity index (χ0v) is 16.1. The van der Waals surface area contributed by atoms with Crippen LogP contribution in [0.15, 0.2) is 24.3 Å². The van der Waals surface area contributed by atoms with E-state index in [1.54, 1.807) is 0 Å². The number of piperazine rings is 1. The predicted octanol–water partition coefficient (Wildman–Crippen LogP) is 1.65. The minimum Gasteiger partial charge on any atom is -0.494 e. The molecule has 152 valence electrons. The Hall–Kier alpha value is -2.32. The zero-order valence-electron chi connectivity index (χ0n) is 16.1. The fourth-order valence-corrected chi connectivity index (χ4v) is 2.50. The maximum atomic E-state index is 9.10. The Morgan fingerprint density at radius 1 is 0.926 bits per heavy atom. The Bertz CT molecular complexity index is 544. The van der Waals surface area contributed by atoms with Gasteiger partial charge in [0.15, 0.2) is 0 Å². The Balaban J connectivity index is 0.000000527. The lowest BCUT2D eigenvalue weighted by atomic mass is 10.2. The first-order valence-electron chi connectivity index (χ1n) is 9.15. The molecule has 1 fully saturated rings. The molecule has 0 bridgehead atoms. The van der Waals surface area contributed by atoms with Crippen LogP contribution in [-0.4, -0.2) is 84.9 Å². The lowest BCUT2D eigenvalue weighted by Gasteiger charge is -2.32.